The Balaban J connectivity index is 1.36. The second kappa shape index (κ2) is 8.79. The summed E-state index contributed by atoms with van der Waals surface area (Å²) in [6.45, 7) is 0.334. The van der Waals surface area contributed by atoms with Crippen molar-refractivity contribution in [3.05, 3.63) is 60.2 Å². The van der Waals surface area contributed by atoms with Crippen LogP contribution in [0.2, 0.25) is 0 Å². The highest BCUT2D eigenvalue weighted by molar-refractivity contribution is 7.98. The fraction of sp³-hybridized carbons (Fsp3) is 0.318. The van der Waals surface area contributed by atoms with Crippen LogP contribution in [0, 0.1) is 0 Å². The van der Waals surface area contributed by atoms with E-state index in [0.717, 1.165) is 10.5 Å². The Morgan fingerprint density at radius 1 is 1.17 bits per heavy atom. The van der Waals surface area contributed by atoms with Gasteiger partial charge in [-0.1, -0.05) is 36.4 Å². The third kappa shape index (κ3) is 4.43. The summed E-state index contributed by atoms with van der Waals surface area (Å²) in [5, 5.41) is 8.57. The molecule has 4 rings (SSSR count). The molecule has 0 saturated carbocycles. The lowest BCUT2D eigenvalue weighted by atomic mass is 10.0. The maximum absolute atomic E-state index is 12.9. The number of urea groups is 1. The van der Waals surface area contributed by atoms with Crippen molar-refractivity contribution in [3.63, 3.8) is 0 Å². The number of anilines is 1. The Kier molecular flexibility index (Phi) is 5.94. The van der Waals surface area contributed by atoms with E-state index in [2.05, 4.69) is 16.0 Å². The number of piperazine rings is 1. The molecular weight excluding hydrogens is 400 g/mol. The average Bonchev–Trinajstić information content (AvgIpc) is 3.17. The van der Waals surface area contributed by atoms with Gasteiger partial charge in [-0.3, -0.25) is 9.59 Å². The van der Waals surface area contributed by atoms with Gasteiger partial charge in [0, 0.05) is 23.5 Å². The van der Waals surface area contributed by atoms with E-state index in [1.165, 1.54) is 0 Å². The van der Waals surface area contributed by atoms with Crippen LogP contribution in [0.3, 0.4) is 0 Å². The van der Waals surface area contributed by atoms with Gasteiger partial charge in [0.05, 0.1) is 6.04 Å². The molecule has 2 aromatic carbocycles. The van der Waals surface area contributed by atoms with Crippen LogP contribution in [0.1, 0.15) is 12.0 Å². The molecule has 2 fully saturated rings. The number of nitrogens with zero attached hydrogens (tertiary/aromatic N) is 1. The highest BCUT2D eigenvalue weighted by Gasteiger charge is 2.46. The highest BCUT2D eigenvalue weighted by Crippen LogP contribution is 2.24. The zero-order chi connectivity index (χ0) is 21.1. The van der Waals surface area contributed by atoms with E-state index in [1.807, 2.05) is 60.9 Å². The van der Waals surface area contributed by atoms with Crippen molar-refractivity contribution in [1.82, 2.24) is 15.5 Å². The lowest BCUT2D eigenvalue weighted by molar-refractivity contribution is -0.147. The standard InChI is InChI=1S/C22H24N4O3S/c1-30-17-9-5-8-15(11-17)23-22(29)24-16-12-19-20(27)25-18(21(28)26(19)13-16)10-14-6-3-2-4-7-14/h2-9,11,16,18-19H,10,12-13H2,1H3,(H,25,27)(H2,23,24,29). The van der Waals surface area contributed by atoms with Crippen LogP contribution >= 0.6 is 11.8 Å². The molecule has 0 aliphatic carbocycles. The normalized spacial score (nSPS) is 23.0. The molecule has 4 amide bonds. The second-order valence-electron chi connectivity index (χ2n) is 7.52. The number of thioether (sulfide) groups is 1. The summed E-state index contributed by atoms with van der Waals surface area (Å²) in [6.07, 6.45) is 2.84. The van der Waals surface area contributed by atoms with Gasteiger partial charge in [0.1, 0.15) is 12.1 Å². The van der Waals surface area contributed by atoms with Crippen LogP contribution in [0.25, 0.3) is 0 Å². The SMILES string of the molecule is CSc1cccc(NC(=O)NC2CC3C(=O)NC(Cc4ccccc4)C(=O)N3C2)c1. The van der Waals surface area contributed by atoms with E-state index in [1.54, 1.807) is 16.7 Å². The van der Waals surface area contributed by atoms with Crippen molar-refractivity contribution in [3.8, 4) is 0 Å². The molecule has 0 bridgehead atoms. The first-order chi connectivity index (χ1) is 14.5. The van der Waals surface area contributed by atoms with E-state index >= 15 is 0 Å². The molecule has 2 aliphatic rings. The summed E-state index contributed by atoms with van der Waals surface area (Å²) in [6, 6.07) is 15.5. The van der Waals surface area contributed by atoms with Crippen LogP contribution in [-0.4, -0.2) is 53.7 Å². The lowest BCUT2D eigenvalue weighted by Gasteiger charge is -2.34. The van der Waals surface area contributed by atoms with Gasteiger partial charge < -0.3 is 20.9 Å². The van der Waals surface area contributed by atoms with E-state index in [0.29, 0.717) is 25.1 Å². The van der Waals surface area contributed by atoms with Gasteiger partial charge in [-0.2, -0.15) is 0 Å². The quantitative estimate of drug-likeness (QED) is 0.642. The molecule has 3 atom stereocenters. The summed E-state index contributed by atoms with van der Waals surface area (Å²) in [5.74, 6) is -0.256. The molecule has 0 spiro atoms. The van der Waals surface area contributed by atoms with Crippen molar-refractivity contribution in [2.24, 2.45) is 0 Å². The van der Waals surface area contributed by atoms with E-state index in [9.17, 15) is 14.4 Å². The fourth-order valence-electron chi connectivity index (χ4n) is 4.00. The Bertz CT molecular complexity index is 952. The Labute approximate surface area is 179 Å². The van der Waals surface area contributed by atoms with Gasteiger partial charge >= 0.3 is 6.03 Å². The molecule has 0 aromatic heterocycles. The molecule has 0 radical (unpaired) electrons. The van der Waals surface area contributed by atoms with Gasteiger partial charge in [0.15, 0.2) is 0 Å². The molecule has 30 heavy (non-hydrogen) atoms. The number of nitrogens with one attached hydrogen (secondary N) is 3. The molecule has 2 heterocycles. The Morgan fingerprint density at radius 2 is 1.97 bits per heavy atom. The maximum atomic E-state index is 12.9. The summed E-state index contributed by atoms with van der Waals surface area (Å²) in [5.41, 5.74) is 1.70. The van der Waals surface area contributed by atoms with E-state index in [4.69, 9.17) is 0 Å². The van der Waals surface area contributed by atoms with Crippen molar-refractivity contribution in [2.45, 2.75) is 35.9 Å². The van der Waals surface area contributed by atoms with Crippen LogP contribution in [-0.2, 0) is 16.0 Å². The molecule has 3 N–H and O–H groups in total. The Morgan fingerprint density at radius 3 is 2.73 bits per heavy atom. The molecular formula is C22H24N4O3S. The average molecular weight is 425 g/mol. The number of carbonyl (C=O) groups is 3. The van der Waals surface area contributed by atoms with Crippen molar-refractivity contribution in [1.29, 1.82) is 0 Å². The van der Waals surface area contributed by atoms with Gasteiger partial charge in [-0.05, 0) is 36.4 Å². The number of hydrogen-bond donors (Lipinski definition) is 3. The number of amides is 4. The first kappa shape index (κ1) is 20.3. The number of benzene rings is 2. The summed E-state index contributed by atoms with van der Waals surface area (Å²) < 4.78 is 0. The van der Waals surface area contributed by atoms with Crippen LogP contribution in [0.5, 0.6) is 0 Å². The molecule has 7 nitrogen and oxygen atoms in total. The van der Waals surface area contributed by atoms with E-state index < -0.39 is 12.1 Å². The van der Waals surface area contributed by atoms with E-state index in [-0.39, 0.29) is 23.9 Å². The van der Waals surface area contributed by atoms with Crippen LogP contribution in [0.15, 0.2) is 59.5 Å². The van der Waals surface area contributed by atoms with Crippen molar-refractivity contribution in [2.75, 3.05) is 18.1 Å². The smallest absolute Gasteiger partial charge is 0.319 e. The number of rotatable bonds is 5. The largest absolute Gasteiger partial charge is 0.342 e. The zero-order valence-electron chi connectivity index (χ0n) is 16.6. The summed E-state index contributed by atoms with van der Waals surface area (Å²) >= 11 is 1.60. The first-order valence-electron chi connectivity index (χ1n) is 9.90. The number of hydrogen-bond acceptors (Lipinski definition) is 4. The third-order valence-corrected chi connectivity index (χ3v) is 6.17. The van der Waals surface area contributed by atoms with Crippen molar-refractivity contribution >= 4 is 35.3 Å². The monoisotopic (exact) mass is 424 g/mol. The number of carbonyl (C=O) groups excluding carboxylic acids is 3. The maximum Gasteiger partial charge on any atom is 0.319 e. The molecule has 2 aliphatic heterocycles. The van der Waals surface area contributed by atoms with Crippen LogP contribution < -0.4 is 16.0 Å². The van der Waals surface area contributed by atoms with Gasteiger partial charge in [0.2, 0.25) is 11.8 Å². The summed E-state index contributed by atoms with van der Waals surface area (Å²) in [7, 11) is 0. The lowest BCUT2D eigenvalue weighted by Crippen LogP contribution is -2.61. The minimum Gasteiger partial charge on any atom is -0.342 e. The zero-order valence-corrected chi connectivity index (χ0v) is 17.4. The predicted octanol–water partition coefficient (Wildman–Crippen LogP) is 2.24. The van der Waals surface area contributed by atoms with Gasteiger partial charge in [-0.15, -0.1) is 11.8 Å². The third-order valence-electron chi connectivity index (χ3n) is 5.45. The highest BCUT2D eigenvalue weighted by atomic mass is 32.2. The topological polar surface area (TPSA) is 90.5 Å². The van der Waals surface area contributed by atoms with Crippen molar-refractivity contribution < 1.29 is 14.4 Å². The van der Waals surface area contributed by atoms with Gasteiger partial charge in [0.25, 0.3) is 0 Å². The fourth-order valence-corrected chi connectivity index (χ4v) is 4.46. The van der Waals surface area contributed by atoms with Gasteiger partial charge in [-0.25, -0.2) is 4.79 Å². The van der Waals surface area contributed by atoms with Crippen LogP contribution in [0.4, 0.5) is 10.5 Å². The predicted molar refractivity (Wildman–Crippen MR) is 116 cm³/mol. The molecule has 156 valence electrons. The summed E-state index contributed by atoms with van der Waals surface area (Å²) in [4.78, 5) is 40.6. The second-order valence-corrected chi connectivity index (χ2v) is 8.40. The molecule has 2 saturated heterocycles. The minimum absolute atomic E-state index is 0.0965. The molecule has 2 aromatic rings. The molecule has 3 unspecified atom stereocenters. The molecule has 8 heteroatoms. The Hall–Kier alpha value is -3.00. The first-order valence-corrected chi connectivity index (χ1v) is 11.1. The minimum atomic E-state index is -0.571. The number of fused-ring (bicyclic) bond motifs is 1.